The van der Waals surface area contributed by atoms with Gasteiger partial charge in [0.1, 0.15) is 5.76 Å². The Balaban J connectivity index is 1.70. The predicted molar refractivity (Wildman–Crippen MR) is 93.6 cm³/mol. The van der Waals surface area contributed by atoms with Gasteiger partial charge in [-0.2, -0.15) is 0 Å². The molecule has 1 N–H and O–H groups in total. The van der Waals surface area contributed by atoms with Crippen LogP contribution >= 0.6 is 23.2 Å². The molecule has 0 saturated carbocycles. The largest absolute Gasteiger partial charge is 0.467 e. The van der Waals surface area contributed by atoms with Crippen LogP contribution in [0.25, 0.3) is 0 Å². The number of hydrogen-bond donors (Lipinski definition) is 1. The van der Waals surface area contributed by atoms with E-state index in [9.17, 15) is 4.79 Å². The maximum atomic E-state index is 12.7. The molecule has 0 radical (unpaired) electrons. The van der Waals surface area contributed by atoms with Gasteiger partial charge in [-0.15, -0.1) is 0 Å². The number of benzene rings is 1. The summed E-state index contributed by atoms with van der Waals surface area (Å²) < 4.78 is 11.0. The van der Waals surface area contributed by atoms with Crippen molar-refractivity contribution in [1.29, 1.82) is 0 Å². The lowest BCUT2D eigenvalue weighted by Gasteiger charge is -2.25. The molecule has 1 aromatic carbocycles. The van der Waals surface area contributed by atoms with Gasteiger partial charge in [0.25, 0.3) is 0 Å². The van der Waals surface area contributed by atoms with Gasteiger partial charge in [0, 0.05) is 18.8 Å². The van der Waals surface area contributed by atoms with Crippen LogP contribution in [0.5, 0.6) is 0 Å². The van der Waals surface area contributed by atoms with Crippen molar-refractivity contribution in [1.82, 2.24) is 4.90 Å². The summed E-state index contributed by atoms with van der Waals surface area (Å²) in [5.74, 6) is 0.720. The molecular weight excluding hydrogens is 351 g/mol. The molecular formula is C17H18Cl2N2O3. The zero-order valence-corrected chi connectivity index (χ0v) is 14.5. The number of carbonyl (C=O) groups excluding carboxylic acids is 1. The van der Waals surface area contributed by atoms with Crippen molar-refractivity contribution in [3.05, 3.63) is 52.4 Å². The SMILES string of the molecule is O=C(Nc1ccc(Cl)c(Cl)c1)N(Cc1ccco1)C[C@@H]1CCCO1. The van der Waals surface area contributed by atoms with Crippen molar-refractivity contribution < 1.29 is 13.9 Å². The molecule has 2 aromatic rings. The molecule has 2 heterocycles. The molecule has 0 unspecified atom stereocenters. The number of amides is 2. The van der Waals surface area contributed by atoms with Crippen molar-refractivity contribution >= 4 is 34.9 Å². The van der Waals surface area contributed by atoms with Crippen LogP contribution in [0.2, 0.25) is 10.0 Å². The summed E-state index contributed by atoms with van der Waals surface area (Å²) in [6.45, 7) is 1.63. The number of hydrogen-bond acceptors (Lipinski definition) is 3. The molecule has 1 aliphatic rings. The molecule has 0 bridgehead atoms. The van der Waals surface area contributed by atoms with E-state index >= 15 is 0 Å². The number of nitrogens with zero attached hydrogens (tertiary/aromatic N) is 1. The molecule has 2 amide bonds. The van der Waals surface area contributed by atoms with Crippen molar-refractivity contribution in [2.45, 2.75) is 25.5 Å². The van der Waals surface area contributed by atoms with Crippen LogP contribution in [0.3, 0.4) is 0 Å². The number of rotatable bonds is 5. The van der Waals surface area contributed by atoms with E-state index in [4.69, 9.17) is 32.4 Å². The van der Waals surface area contributed by atoms with Gasteiger partial charge < -0.3 is 19.4 Å². The average molecular weight is 369 g/mol. The van der Waals surface area contributed by atoms with Crippen LogP contribution in [0.15, 0.2) is 41.0 Å². The number of nitrogens with one attached hydrogen (secondary N) is 1. The standard InChI is InChI=1S/C17H18Cl2N2O3/c18-15-6-5-12(9-16(15)19)20-17(22)21(10-13-3-1-7-23-13)11-14-4-2-8-24-14/h1,3,5-7,9,14H,2,4,8,10-11H2,(H,20,22)/t14-/m0/s1. The van der Waals surface area contributed by atoms with Crippen LogP contribution < -0.4 is 5.32 Å². The highest BCUT2D eigenvalue weighted by Crippen LogP contribution is 2.25. The van der Waals surface area contributed by atoms with Crippen molar-refractivity contribution in [3.8, 4) is 0 Å². The summed E-state index contributed by atoms with van der Waals surface area (Å²) >= 11 is 11.9. The lowest BCUT2D eigenvalue weighted by atomic mass is 10.2. The molecule has 24 heavy (non-hydrogen) atoms. The van der Waals surface area contributed by atoms with E-state index in [0.717, 1.165) is 25.2 Å². The quantitative estimate of drug-likeness (QED) is 0.824. The van der Waals surface area contributed by atoms with Crippen molar-refractivity contribution in [3.63, 3.8) is 0 Å². The van der Waals surface area contributed by atoms with Gasteiger partial charge in [-0.05, 0) is 43.2 Å². The zero-order chi connectivity index (χ0) is 16.9. The zero-order valence-electron chi connectivity index (χ0n) is 13.0. The van der Waals surface area contributed by atoms with E-state index in [1.807, 2.05) is 6.07 Å². The average Bonchev–Trinajstić information content (AvgIpc) is 3.24. The summed E-state index contributed by atoms with van der Waals surface area (Å²) in [5.41, 5.74) is 0.589. The topological polar surface area (TPSA) is 54.7 Å². The van der Waals surface area contributed by atoms with Crippen LogP contribution in [0.1, 0.15) is 18.6 Å². The lowest BCUT2D eigenvalue weighted by molar-refractivity contribution is 0.0803. The van der Waals surface area contributed by atoms with Crippen molar-refractivity contribution in [2.24, 2.45) is 0 Å². The minimum absolute atomic E-state index is 0.0551. The minimum Gasteiger partial charge on any atom is -0.467 e. The van der Waals surface area contributed by atoms with Crippen LogP contribution in [0, 0.1) is 0 Å². The molecule has 1 fully saturated rings. The maximum Gasteiger partial charge on any atom is 0.322 e. The Morgan fingerprint density at radius 3 is 2.83 bits per heavy atom. The number of carbonyl (C=O) groups is 1. The first-order valence-electron chi connectivity index (χ1n) is 7.77. The van der Waals surface area contributed by atoms with E-state index < -0.39 is 0 Å². The van der Waals surface area contributed by atoms with Gasteiger partial charge in [0.2, 0.25) is 0 Å². The van der Waals surface area contributed by atoms with Gasteiger partial charge >= 0.3 is 6.03 Å². The lowest BCUT2D eigenvalue weighted by Crippen LogP contribution is -2.39. The molecule has 3 rings (SSSR count). The Morgan fingerprint density at radius 2 is 2.17 bits per heavy atom. The van der Waals surface area contributed by atoms with Crippen LogP contribution in [-0.2, 0) is 11.3 Å². The third-order valence-electron chi connectivity index (χ3n) is 3.83. The maximum absolute atomic E-state index is 12.7. The first kappa shape index (κ1) is 17.1. The fourth-order valence-electron chi connectivity index (χ4n) is 2.62. The minimum atomic E-state index is -0.236. The fourth-order valence-corrected chi connectivity index (χ4v) is 2.92. The number of ether oxygens (including phenoxy) is 1. The number of anilines is 1. The second-order valence-corrected chi connectivity index (χ2v) is 6.47. The van der Waals surface area contributed by atoms with Gasteiger partial charge in [0.05, 0.1) is 29.0 Å². The molecule has 0 spiro atoms. The monoisotopic (exact) mass is 368 g/mol. The van der Waals surface area contributed by atoms with Gasteiger partial charge in [-0.3, -0.25) is 0 Å². The van der Waals surface area contributed by atoms with E-state index in [1.54, 1.807) is 35.4 Å². The molecule has 7 heteroatoms. The van der Waals surface area contributed by atoms with E-state index in [-0.39, 0.29) is 12.1 Å². The first-order valence-corrected chi connectivity index (χ1v) is 8.52. The highest BCUT2D eigenvalue weighted by molar-refractivity contribution is 6.42. The second kappa shape index (κ2) is 7.92. The Kier molecular flexibility index (Phi) is 5.66. The van der Waals surface area contributed by atoms with E-state index in [1.165, 1.54) is 0 Å². The summed E-state index contributed by atoms with van der Waals surface area (Å²) in [5, 5.41) is 3.68. The third kappa shape index (κ3) is 4.44. The second-order valence-electron chi connectivity index (χ2n) is 5.65. The predicted octanol–water partition coefficient (Wildman–Crippen LogP) is 4.80. The van der Waals surface area contributed by atoms with E-state index in [0.29, 0.717) is 28.8 Å². The highest BCUT2D eigenvalue weighted by Gasteiger charge is 2.23. The first-order chi connectivity index (χ1) is 11.6. The van der Waals surface area contributed by atoms with Gasteiger partial charge in [-0.1, -0.05) is 23.2 Å². The Bertz CT molecular complexity index is 685. The summed E-state index contributed by atoms with van der Waals surface area (Å²) in [7, 11) is 0. The fraction of sp³-hybridized carbons (Fsp3) is 0.353. The normalized spacial score (nSPS) is 17.0. The summed E-state index contributed by atoms with van der Waals surface area (Å²) in [6, 6.07) is 8.39. The summed E-state index contributed by atoms with van der Waals surface area (Å²) in [6.07, 6.45) is 3.62. The molecule has 1 aliphatic heterocycles. The van der Waals surface area contributed by atoms with Gasteiger partial charge in [0.15, 0.2) is 0 Å². The summed E-state index contributed by atoms with van der Waals surface area (Å²) in [4.78, 5) is 14.3. The molecule has 1 aromatic heterocycles. The number of halogens is 2. The van der Waals surface area contributed by atoms with Crippen LogP contribution in [-0.4, -0.2) is 30.2 Å². The Labute approximate surface area is 150 Å². The van der Waals surface area contributed by atoms with E-state index in [2.05, 4.69) is 5.32 Å². The molecule has 1 atom stereocenters. The van der Waals surface area contributed by atoms with Crippen LogP contribution in [0.4, 0.5) is 10.5 Å². The third-order valence-corrected chi connectivity index (χ3v) is 4.57. The van der Waals surface area contributed by atoms with Crippen molar-refractivity contribution in [2.75, 3.05) is 18.5 Å². The molecule has 5 nitrogen and oxygen atoms in total. The number of furan rings is 1. The highest BCUT2D eigenvalue weighted by atomic mass is 35.5. The molecule has 1 saturated heterocycles. The molecule has 128 valence electrons. The Hall–Kier alpha value is -1.69. The van der Waals surface area contributed by atoms with Gasteiger partial charge in [-0.25, -0.2) is 4.79 Å². The Morgan fingerprint density at radius 1 is 1.29 bits per heavy atom. The smallest absolute Gasteiger partial charge is 0.322 e. The number of urea groups is 1. The molecule has 0 aliphatic carbocycles.